The van der Waals surface area contributed by atoms with Crippen LogP contribution in [-0.4, -0.2) is 42.0 Å². The van der Waals surface area contributed by atoms with Gasteiger partial charge in [-0.1, -0.05) is 12.1 Å². The van der Waals surface area contributed by atoms with Crippen LogP contribution in [0.3, 0.4) is 0 Å². The van der Waals surface area contributed by atoms with Gasteiger partial charge in [0.2, 0.25) is 12.7 Å². The minimum Gasteiger partial charge on any atom is -0.491 e. The van der Waals surface area contributed by atoms with Gasteiger partial charge in [0.1, 0.15) is 18.5 Å². The van der Waals surface area contributed by atoms with Crippen LogP contribution in [0.15, 0.2) is 42.5 Å². The molecular formula is C20H20N2O5S. The zero-order valence-corrected chi connectivity index (χ0v) is 15.9. The molecule has 28 heavy (non-hydrogen) atoms. The van der Waals surface area contributed by atoms with Crippen LogP contribution in [0, 0.1) is 0 Å². The van der Waals surface area contributed by atoms with Gasteiger partial charge < -0.3 is 24.6 Å². The van der Waals surface area contributed by atoms with E-state index in [4.69, 9.17) is 14.2 Å². The zero-order valence-electron chi connectivity index (χ0n) is 15.1. The lowest BCUT2D eigenvalue weighted by Gasteiger charge is -2.13. The lowest BCUT2D eigenvalue weighted by Crippen LogP contribution is -2.35. The molecule has 1 aliphatic rings. The van der Waals surface area contributed by atoms with Crippen molar-refractivity contribution >= 4 is 27.5 Å². The highest BCUT2D eigenvalue weighted by Crippen LogP contribution is 2.35. The lowest BCUT2D eigenvalue weighted by molar-refractivity contribution is -0.121. The molecule has 1 atom stereocenters. The summed E-state index contributed by atoms with van der Waals surface area (Å²) in [6.07, 6.45) is 0.0988. The number of hydrogen-bond acceptors (Lipinski definition) is 7. The Morgan fingerprint density at radius 2 is 2.11 bits per heavy atom. The molecule has 1 unspecified atom stereocenters. The first-order valence-corrected chi connectivity index (χ1v) is 9.81. The van der Waals surface area contributed by atoms with E-state index in [1.165, 1.54) is 0 Å². The second-order valence-corrected chi connectivity index (χ2v) is 7.47. The molecule has 3 aromatic rings. The Morgan fingerprint density at radius 1 is 1.25 bits per heavy atom. The minimum absolute atomic E-state index is 0.0673. The van der Waals surface area contributed by atoms with Crippen LogP contribution in [0.4, 0.5) is 0 Å². The largest absolute Gasteiger partial charge is 0.491 e. The second-order valence-electron chi connectivity index (χ2n) is 6.36. The number of hydrogen-bond donors (Lipinski definition) is 2. The van der Waals surface area contributed by atoms with Crippen LogP contribution < -0.4 is 19.5 Å². The van der Waals surface area contributed by atoms with Gasteiger partial charge in [-0.25, -0.2) is 4.98 Å². The molecule has 1 amide bonds. The summed E-state index contributed by atoms with van der Waals surface area (Å²) in [5.74, 6) is 1.75. The van der Waals surface area contributed by atoms with Gasteiger partial charge in [0.05, 0.1) is 15.2 Å². The normalized spacial score (nSPS) is 13.5. The summed E-state index contributed by atoms with van der Waals surface area (Å²) in [7, 11) is 0. The summed E-state index contributed by atoms with van der Waals surface area (Å²) < 4.78 is 17.2. The first kappa shape index (κ1) is 18.5. The summed E-state index contributed by atoms with van der Waals surface area (Å²) in [5, 5.41) is 13.7. The van der Waals surface area contributed by atoms with E-state index in [1.54, 1.807) is 29.5 Å². The van der Waals surface area contributed by atoms with Gasteiger partial charge in [0, 0.05) is 25.5 Å². The fourth-order valence-electron chi connectivity index (χ4n) is 2.79. The fourth-order valence-corrected chi connectivity index (χ4v) is 3.75. The van der Waals surface area contributed by atoms with Crippen LogP contribution in [0.2, 0.25) is 0 Å². The van der Waals surface area contributed by atoms with Crippen molar-refractivity contribution in [3.8, 4) is 17.2 Å². The molecular weight excluding hydrogens is 380 g/mol. The number of carbonyl (C=O) groups is 1. The molecule has 1 aromatic heterocycles. The zero-order chi connectivity index (χ0) is 19.3. The Bertz CT molecular complexity index is 941. The van der Waals surface area contributed by atoms with Crippen LogP contribution >= 0.6 is 11.3 Å². The van der Waals surface area contributed by atoms with E-state index in [9.17, 15) is 9.90 Å². The number of amides is 1. The van der Waals surface area contributed by atoms with E-state index in [-0.39, 0.29) is 25.9 Å². The van der Waals surface area contributed by atoms with Gasteiger partial charge >= 0.3 is 0 Å². The average Bonchev–Trinajstić information content (AvgIpc) is 3.34. The molecule has 2 N–H and O–H groups in total. The van der Waals surface area contributed by atoms with Crippen LogP contribution in [-0.2, 0) is 11.2 Å². The number of aryl methyl sites for hydroxylation is 1. The molecule has 4 rings (SSSR count). The highest BCUT2D eigenvalue weighted by molar-refractivity contribution is 7.18. The summed E-state index contributed by atoms with van der Waals surface area (Å²) in [6, 6.07) is 13.1. The summed E-state index contributed by atoms with van der Waals surface area (Å²) in [4.78, 5) is 16.5. The molecule has 7 nitrogen and oxygen atoms in total. The standard InChI is InChI=1S/C20H20N2O5S/c23-13(11-25-14-5-6-16-17(9-14)27-12-26-16)10-21-19(24)7-8-20-22-15-3-1-2-4-18(15)28-20/h1-6,9,13,23H,7-8,10-12H2,(H,21,24). The molecule has 0 fully saturated rings. The van der Waals surface area contributed by atoms with Crippen LogP contribution in [0.25, 0.3) is 10.2 Å². The first-order chi connectivity index (χ1) is 13.7. The molecule has 0 saturated carbocycles. The minimum atomic E-state index is -0.808. The van der Waals surface area contributed by atoms with Crippen molar-refractivity contribution in [2.75, 3.05) is 19.9 Å². The van der Waals surface area contributed by atoms with Gasteiger partial charge in [-0.3, -0.25) is 4.79 Å². The lowest BCUT2D eigenvalue weighted by atomic mass is 10.3. The van der Waals surface area contributed by atoms with Crippen molar-refractivity contribution in [3.05, 3.63) is 47.5 Å². The molecule has 0 spiro atoms. The van der Waals surface area contributed by atoms with Crippen molar-refractivity contribution < 1.29 is 24.1 Å². The number of ether oxygens (including phenoxy) is 3. The smallest absolute Gasteiger partial charge is 0.231 e. The summed E-state index contributed by atoms with van der Waals surface area (Å²) in [5.41, 5.74) is 0.957. The Balaban J connectivity index is 1.18. The maximum Gasteiger partial charge on any atom is 0.231 e. The van der Waals surface area contributed by atoms with Crippen LogP contribution in [0.5, 0.6) is 17.2 Å². The Labute approximate surface area is 165 Å². The van der Waals surface area contributed by atoms with E-state index < -0.39 is 6.10 Å². The van der Waals surface area contributed by atoms with Gasteiger partial charge in [-0.2, -0.15) is 0 Å². The number of para-hydroxylation sites is 1. The molecule has 2 heterocycles. The first-order valence-electron chi connectivity index (χ1n) is 8.99. The molecule has 0 radical (unpaired) electrons. The van der Waals surface area contributed by atoms with Crippen LogP contribution in [0.1, 0.15) is 11.4 Å². The quantitative estimate of drug-likeness (QED) is 0.604. The van der Waals surface area contributed by atoms with Crippen molar-refractivity contribution in [1.29, 1.82) is 0 Å². The average molecular weight is 400 g/mol. The highest BCUT2D eigenvalue weighted by Gasteiger charge is 2.15. The third-order valence-corrected chi connectivity index (χ3v) is 5.32. The van der Waals surface area contributed by atoms with Gasteiger partial charge in [0.25, 0.3) is 0 Å². The number of thiazole rings is 1. The van der Waals surface area contributed by atoms with Gasteiger partial charge in [-0.15, -0.1) is 11.3 Å². The number of rotatable bonds is 8. The summed E-state index contributed by atoms with van der Waals surface area (Å²) >= 11 is 1.60. The molecule has 0 bridgehead atoms. The number of nitrogens with one attached hydrogen (secondary N) is 1. The number of carbonyl (C=O) groups excluding carboxylic acids is 1. The molecule has 1 aliphatic heterocycles. The van der Waals surface area contributed by atoms with Crippen molar-refractivity contribution in [3.63, 3.8) is 0 Å². The molecule has 0 saturated heterocycles. The Morgan fingerprint density at radius 3 is 3.00 bits per heavy atom. The molecule has 146 valence electrons. The van der Waals surface area contributed by atoms with Crippen molar-refractivity contribution in [2.45, 2.75) is 18.9 Å². The summed E-state index contributed by atoms with van der Waals surface area (Å²) in [6.45, 7) is 0.394. The number of aromatic nitrogens is 1. The number of nitrogens with zero attached hydrogens (tertiary/aromatic N) is 1. The van der Waals surface area contributed by atoms with E-state index in [0.717, 1.165) is 15.2 Å². The monoisotopic (exact) mass is 400 g/mol. The van der Waals surface area contributed by atoms with Gasteiger partial charge in [-0.05, 0) is 24.3 Å². The predicted octanol–water partition coefficient (Wildman–Crippen LogP) is 2.51. The number of benzene rings is 2. The maximum atomic E-state index is 12.0. The second kappa shape index (κ2) is 8.45. The van der Waals surface area contributed by atoms with E-state index in [0.29, 0.717) is 30.1 Å². The number of aliphatic hydroxyl groups is 1. The highest BCUT2D eigenvalue weighted by atomic mass is 32.1. The Kier molecular flexibility index (Phi) is 5.59. The third kappa shape index (κ3) is 4.52. The number of aliphatic hydroxyl groups excluding tert-OH is 1. The third-order valence-electron chi connectivity index (χ3n) is 4.23. The van der Waals surface area contributed by atoms with Crippen molar-refractivity contribution in [1.82, 2.24) is 10.3 Å². The van der Waals surface area contributed by atoms with Gasteiger partial charge in [0.15, 0.2) is 11.5 Å². The molecule has 8 heteroatoms. The Hall–Kier alpha value is -2.84. The maximum absolute atomic E-state index is 12.0. The molecule has 2 aromatic carbocycles. The fraction of sp³-hybridized carbons (Fsp3) is 0.300. The SMILES string of the molecule is O=C(CCc1nc2ccccc2s1)NCC(O)COc1ccc2c(c1)OCO2. The molecule has 0 aliphatic carbocycles. The predicted molar refractivity (Wildman–Crippen MR) is 105 cm³/mol. The topological polar surface area (TPSA) is 89.9 Å². The number of fused-ring (bicyclic) bond motifs is 2. The van der Waals surface area contributed by atoms with Crippen molar-refractivity contribution in [2.24, 2.45) is 0 Å². The van der Waals surface area contributed by atoms with E-state index in [1.807, 2.05) is 24.3 Å². The van der Waals surface area contributed by atoms with E-state index >= 15 is 0 Å². The van der Waals surface area contributed by atoms with E-state index in [2.05, 4.69) is 10.3 Å².